The lowest BCUT2D eigenvalue weighted by Crippen LogP contribution is -2.62. The van der Waals surface area contributed by atoms with Gasteiger partial charge in [0, 0.05) is 6.07 Å². The summed E-state index contributed by atoms with van der Waals surface area (Å²) in [5.41, 5.74) is 1.39. The molecule has 2 aliphatic heterocycles. The Balaban J connectivity index is 1.51. The van der Waals surface area contributed by atoms with Gasteiger partial charge in [-0.3, -0.25) is 0 Å². The summed E-state index contributed by atoms with van der Waals surface area (Å²) in [4.78, 5) is 0. The lowest BCUT2D eigenvalue weighted by atomic mass is 9.99. The molecule has 2 saturated heterocycles. The first-order valence-electron chi connectivity index (χ1n) is 11.4. The van der Waals surface area contributed by atoms with E-state index in [0.717, 1.165) is 5.56 Å². The first-order chi connectivity index (χ1) is 17.1. The molecular formula is C25H30O11. The highest BCUT2D eigenvalue weighted by Crippen LogP contribution is 2.30. The number of aliphatic hydroxyl groups excluding tert-OH is 5. The van der Waals surface area contributed by atoms with Crippen molar-refractivity contribution >= 4 is 12.2 Å². The number of ether oxygens (including phenoxy) is 4. The zero-order valence-corrected chi connectivity index (χ0v) is 19.4. The molecule has 2 aliphatic rings. The third-order valence-corrected chi connectivity index (χ3v) is 6.06. The van der Waals surface area contributed by atoms with Crippen molar-refractivity contribution in [3.63, 3.8) is 0 Å². The van der Waals surface area contributed by atoms with Crippen molar-refractivity contribution < 1.29 is 54.7 Å². The number of hydrogen-bond donors (Lipinski definition) is 7. The standard InChI is InChI=1S/C25H30O11/c1-12-19(29)21(31)22(32)24(34-12)36-23-20(30)18(28)11-33-25(23)35-17-9-14(8-16(27)10-17)3-2-13-4-6-15(26)7-5-13/h2-10,12,18-32H,11H2,1H3/b3-2-/t12-,18+,19-,20-,21+,22+,23+,24-,25-/m0/s1. The second kappa shape index (κ2) is 11.1. The summed E-state index contributed by atoms with van der Waals surface area (Å²) in [5.74, 6) is 0.197. The maximum Gasteiger partial charge on any atom is 0.229 e. The first kappa shape index (κ1) is 26.3. The molecule has 2 heterocycles. The molecule has 0 aromatic heterocycles. The summed E-state index contributed by atoms with van der Waals surface area (Å²) >= 11 is 0. The highest BCUT2D eigenvalue weighted by atomic mass is 16.7. The molecule has 0 spiro atoms. The largest absolute Gasteiger partial charge is 0.508 e. The number of hydrogen-bond acceptors (Lipinski definition) is 11. The number of aromatic hydroxyl groups is 2. The van der Waals surface area contributed by atoms with E-state index < -0.39 is 55.3 Å². The molecule has 11 heteroatoms. The van der Waals surface area contributed by atoms with E-state index in [1.165, 1.54) is 19.1 Å². The van der Waals surface area contributed by atoms with Gasteiger partial charge in [-0.25, -0.2) is 0 Å². The first-order valence-corrected chi connectivity index (χ1v) is 11.4. The fourth-order valence-electron chi connectivity index (χ4n) is 3.98. The van der Waals surface area contributed by atoms with Gasteiger partial charge in [0.25, 0.3) is 0 Å². The lowest BCUT2D eigenvalue weighted by molar-refractivity contribution is -0.344. The van der Waals surface area contributed by atoms with Crippen LogP contribution in [0.25, 0.3) is 12.2 Å². The Morgan fingerprint density at radius 2 is 1.47 bits per heavy atom. The van der Waals surface area contributed by atoms with Crippen LogP contribution < -0.4 is 4.74 Å². The van der Waals surface area contributed by atoms with E-state index in [4.69, 9.17) is 18.9 Å². The number of phenolic OH excluding ortho intramolecular Hbond substituents is 2. The molecule has 0 radical (unpaired) electrons. The molecule has 0 saturated carbocycles. The van der Waals surface area contributed by atoms with Crippen LogP contribution in [-0.2, 0) is 14.2 Å². The van der Waals surface area contributed by atoms with Crippen LogP contribution >= 0.6 is 0 Å². The Bertz CT molecular complexity index is 1040. The Labute approximate surface area is 207 Å². The molecule has 11 nitrogen and oxygen atoms in total. The molecule has 2 aromatic rings. The van der Waals surface area contributed by atoms with Crippen LogP contribution in [0.1, 0.15) is 18.1 Å². The van der Waals surface area contributed by atoms with E-state index in [-0.39, 0.29) is 23.9 Å². The van der Waals surface area contributed by atoms with Crippen LogP contribution in [0.5, 0.6) is 17.2 Å². The van der Waals surface area contributed by atoms with Crippen LogP contribution in [0.4, 0.5) is 0 Å². The van der Waals surface area contributed by atoms with Gasteiger partial charge in [0.1, 0.15) is 47.8 Å². The summed E-state index contributed by atoms with van der Waals surface area (Å²) in [6.07, 6.45) is -8.85. The van der Waals surface area contributed by atoms with Gasteiger partial charge in [-0.1, -0.05) is 24.3 Å². The smallest absolute Gasteiger partial charge is 0.229 e. The van der Waals surface area contributed by atoms with Crippen LogP contribution in [0.3, 0.4) is 0 Å². The van der Waals surface area contributed by atoms with E-state index in [0.29, 0.717) is 5.56 Å². The van der Waals surface area contributed by atoms with Crippen molar-refractivity contribution in [1.82, 2.24) is 0 Å². The molecular weight excluding hydrogens is 476 g/mol. The molecule has 4 rings (SSSR count). The molecule has 0 aliphatic carbocycles. The maximum absolute atomic E-state index is 10.6. The fraction of sp³-hybridized carbons (Fsp3) is 0.440. The molecule has 0 amide bonds. The van der Waals surface area contributed by atoms with Gasteiger partial charge < -0.3 is 54.7 Å². The summed E-state index contributed by atoms with van der Waals surface area (Å²) < 4.78 is 22.5. The number of phenols is 2. The average molecular weight is 507 g/mol. The second-order valence-corrected chi connectivity index (χ2v) is 8.84. The molecule has 9 atom stereocenters. The predicted molar refractivity (Wildman–Crippen MR) is 125 cm³/mol. The second-order valence-electron chi connectivity index (χ2n) is 8.84. The topological polar surface area (TPSA) is 179 Å². The molecule has 2 fully saturated rings. The van der Waals surface area contributed by atoms with Gasteiger partial charge in [-0.2, -0.15) is 0 Å². The predicted octanol–water partition coefficient (Wildman–Crippen LogP) is -0.0622. The van der Waals surface area contributed by atoms with E-state index in [1.807, 2.05) is 0 Å². The Kier molecular flexibility index (Phi) is 8.13. The Hall–Kier alpha value is -2.74. The molecule has 2 aromatic carbocycles. The SMILES string of the molecule is C[C@@H]1O[C@@H](O[C@H]2[C@H](Oc3cc(O)cc(/C=C\c4ccc(O)cc4)c3)OC[C@@H](O)[C@@H]2O)[C@H](O)[C@H](O)[C@H]1O. The van der Waals surface area contributed by atoms with Gasteiger partial charge in [0.15, 0.2) is 12.4 Å². The van der Waals surface area contributed by atoms with Crippen LogP contribution in [0.2, 0.25) is 0 Å². The monoisotopic (exact) mass is 506 g/mol. The van der Waals surface area contributed by atoms with Crippen LogP contribution in [0, 0.1) is 0 Å². The third-order valence-electron chi connectivity index (χ3n) is 6.06. The maximum atomic E-state index is 10.6. The number of aliphatic hydroxyl groups is 5. The average Bonchev–Trinajstić information content (AvgIpc) is 2.84. The van der Waals surface area contributed by atoms with Crippen LogP contribution in [-0.4, -0.2) is 97.7 Å². The highest BCUT2D eigenvalue weighted by molar-refractivity contribution is 5.71. The van der Waals surface area contributed by atoms with Crippen molar-refractivity contribution in [1.29, 1.82) is 0 Å². The Morgan fingerprint density at radius 3 is 2.19 bits per heavy atom. The molecule has 7 N–H and O–H groups in total. The Morgan fingerprint density at radius 1 is 0.778 bits per heavy atom. The van der Waals surface area contributed by atoms with E-state index in [1.54, 1.807) is 42.5 Å². The van der Waals surface area contributed by atoms with Crippen molar-refractivity contribution in [2.45, 2.75) is 62.2 Å². The van der Waals surface area contributed by atoms with Gasteiger partial charge in [-0.15, -0.1) is 0 Å². The number of rotatable bonds is 6. The quantitative estimate of drug-likeness (QED) is 0.261. The van der Waals surface area contributed by atoms with Crippen molar-refractivity contribution in [2.75, 3.05) is 6.61 Å². The lowest BCUT2D eigenvalue weighted by Gasteiger charge is -2.43. The normalized spacial score (nSPS) is 35.1. The summed E-state index contributed by atoms with van der Waals surface area (Å²) in [6, 6.07) is 10.9. The molecule has 196 valence electrons. The summed E-state index contributed by atoms with van der Waals surface area (Å²) in [7, 11) is 0. The molecule has 0 unspecified atom stereocenters. The van der Waals surface area contributed by atoms with Crippen molar-refractivity contribution in [3.05, 3.63) is 53.6 Å². The zero-order chi connectivity index (χ0) is 26.0. The van der Waals surface area contributed by atoms with E-state index in [2.05, 4.69) is 0 Å². The van der Waals surface area contributed by atoms with Gasteiger partial charge >= 0.3 is 0 Å². The third kappa shape index (κ3) is 5.97. The minimum atomic E-state index is -1.64. The minimum Gasteiger partial charge on any atom is -0.508 e. The minimum absolute atomic E-state index is 0.108. The zero-order valence-electron chi connectivity index (χ0n) is 19.4. The van der Waals surface area contributed by atoms with Gasteiger partial charge in [0.2, 0.25) is 6.29 Å². The number of benzene rings is 2. The van der Waals surface area contributed by atoms with Gasteiger partial charge in [0.05, 0.1) is 12.7 Å². The van der Waals surface area contributed by atoms with Crippen molar-refractivity contribution in [2.24, 2.45) is 0 Å². The molecule has 36 heavy (non-hydrogen) atoms. The van der Waals surface area contributed by atoms with Crippen LogP contribution in [0.15, 0.2) is 42.5 Å². The summed E-state index contributed by atoms with van der Waals surface area (Å²) in [6.45, 7) is 1.21. The fourth-order valence-corrected chi connectivity index (χ4v) is 3.98. The van der Waals surface area contributed by atoms with E-state index in [9.17, 15) is 35.7 Å². The molecule has 0 bridgehead atoms. The van der Waals surface area contributed by atoms with Gasteiger partial charge in [-0.05, 0) is 42.3 Å². The van der Waals surface area contributed by atoms with Crippen molar-refractivity contribution in [3.8, 4) is 17.2 Å². The highest BCUT2D eigenvalue weighted by Gasteiger charge is 2.48. The van der Waals surface area contributed by atoms with E-state index >= 15 is 0 Å². The summed E-state index contributed by atoms with van der Waals surface area (Å²) in [5, 5.41) is 70.5.